The minimum Gasteiger partial charge on any atom is -0.508 e. The Kier molecular flexibility index (Phi) is 13.1. The molecule has 0 bridgehead atoms. The maximum atomic E-state index is 13.7. The molecule has 0 fully saturated rings. The molecule has 16 nitrogen and oxygen atoms in total. The van der Waals surface area contributed by atoms with Crippen molar-refractivity contribution in [3.63, 3.8) is 0 Å². The lowest BCUT2D eigenvalue weighted by molar-refractivity contribution is -0.142. The maximum absolute atomic E-state index is 13.7. The van der Waals surface area contributed by atoms with Crippen LogP contribution in [0.5, 0.6) is 5.75 Å². The molecule has 0 aliphatic heterocycles. The predicted octanol–water partition coefficient (Wildman–Crippen LogP) is -1.16. The number of para-hydroxylation sites is 1. The zero-order valence-electron chi connectivity index (χ0n) is 25.6. The van der Waals surface area contributed by atoms with E-state index < -0.39 is 53.8 Å². The van der Waals surface area contributed by atoms with E-state index in [2.05, 4.69) is 25.9 Å². The summed E-state index contributed by atoms with van der Waals surface area (Å²) in [7, 11) is 0. The van der Waals surface area contributed by atoms with Crippen LogP contribution in [-0.4, -0.2) is 81.5 Å². The number of aromatic hydroxyl groups is 1. The number of hydrogen-bond acceptors (Lipinski definition) is 8. The highest BCUT2D eigenvalue weighted by Gasteiger charge is 2.31. The van der Waals surface area contributed by atoms with Crippen molar-refractivity contribution in [2.45, 2.75) is 62.7 Å². The van der Waals surface area contributed by atoms with Gasteiger partial charge in [-0.05, 0) is 48.6 Å². The fourth-order valence-electron chi connectivity index (χ4n) is 4.82. The van der Waals surface area contributed by atoms with Crippen molar-refractivity contribution in [3.05, 3.63) is 65.9 Å². The fraction of sp³-hybridized carbons (Fsp3) is 0.355. The Hall–Kier alpha value is -5.64. The van der Waals surface area contributed by atoms with Gasteiger partial charge >= 0.3 is 5.97 Å². The average Bonchev–Trinajstić information content (AvgIpc) is 3.43. The molecule has 1 aromatic heterocycles. The number of carboxylic acid groups (broad SMARTS) is 1. The van der Waals surface area contributed by atoms with Gasteiger partial charge in [-0.15, -0.1) is 0 Å². The summed E-state index contributed by atoms with van der Waals surface area (Å²) in [4.78, 5) is 70.5. The largest absolute Gasteiger partial charge is 0.508 e. The first-order valence-electron chi connectivity index (χ1n) is 14.9. The zero-order valence-corrected chi connectivity index (χ0v) is 25.6. The number of phenols is 1. The number of nitrogens with two attached hydrogens (primary N) is 4. The van der Waals surface area contributed by atoms with Crippen molar-refractivity contribution in [2.75, 3.05) is 6.54 Å². The summed E-state index contributed by atoms with van der Waals surface area (Å²) < 4.78 is 0. The van der Waals surface area contributed by atoms with Gasteiger partial charge in [0.15, 0.2) is 5.96 Å². The third-order valence-electron chi connectivity index (χ3n) is 7.34. The van der Waals surface area contributed by atoms with Crippen molar-refractivity contribution in [1.82, 2.24) is 20.9 Å². The predicted molar refractivity (Wildman–Crippen MR) is 174 cm³/mol. The molecule has 0 radical (unpaired) electrons. The van der Waals surface area contributed by atoms with Crippen LogP contribution in [0.15, 0.2) is 59.7 Å². The van der Waals surface area contributed by atoms with Crippen LogP contribution in [0.2, 0.25) is 0 Å². The Morgan fingerprint density at radius 2 is 1.45 bits per heavy atom. The fourth-order valence-corrected chi connectivity index (χ4v) is 4.82. The zero-order chi connectivity index (χ0) is 34.5. The molecule has 0 saturated carbocycles. The molecule has 3 aromatic rings. The molecular formula is C31H41N9O7. The number of nitrogens with zero attached hydrogens (tertiary/aromatic N) is 1. The molecule has 1 heterocycles. The summed E-state index contributed by atoms with van der Waals surface area (Å²) in [6, 6.07) is 8.25. The van der Waals surface area contributed by atoms with Crippen LogP contribution in [0.25, 0.3) is 10.9 Å². The molecule has 252 valence electrons. The van der Waals surface area contributed by atoms with E-state index in [4.69, 9.17) is 22.9 Å². The SMILES string of the molecule is NC(=O)CCC(N)C(=O)NC(Cc1ccc(O)cc1)C(=O)NC(CCCN=C(N)N)C(=O)NC(Cc1c[nH]c2ccccc12)C(=O)O. The number of rotatable bonds is 18. The van der Waals surface area contributed by atoms with E-state index in [1.807, 2.05) is 24.3 Å². The lowest BCUT2D eigenvalue weighted by Gasteiger charge is -2.25. The van der Waals surface area contributed by atoms with E-state index in [1.54, 1.807) is 18.3 Å². The van der Waals surface area contributed by atoms with Crippen molar-refractivity contribution in [3.8, 4) is 5.75 Å². The number of aromatic nitrogens is 1. The van der Waals surface area contributed by atoms with E-state index in [1.165, 1.54) is 12.1 Å². The van der Waals surface area contributed by atoms with E-state index >= 15 is 0 Å². The number of fused-ring (bicyclic) bond motifs is 1. The summed E-state index contributed by atoms with van der Waals surface area (Å²) >= 11 is 0. The van der Waals surface area contributed by atoms with Gasteiger partial charge in [0.1, 0.15) is 23.9 Å². The topological polar surface area (TPSA) is 294 Å². The summed E-state index contributed by atoms with van der Waals surface area (Å²) in [5.74, 6) is -4.37. The molecule has 3 rings (SSSR count). The van der Waals surface area contributed by atoms with Crippen LogP contribution in [0.1, 0.15) is 36.8 Å². The van der Waals surface area contributed by atoms with E-state index in [9.17, 15) is 34.2 Å². The molecule has 16 heteroatoms. The Balaban J connectivity index is 1.82. The minimum absolute atomic E-state index is 0.00890. The van der Waals surface area contributed by atoms with E-state index in [0.29, 0.717) is 11.1 Å². The Morgan fingerprint density at radius 3 is 2.11 bits per heavy atom. The lowest BCUT2D eigenvalue weighted by Crippen LogP contribution is -2.57. The van der Waals surface area contributed by atoms with Crippen molar-refractivity contribution < 1.29 is 34.2 Å². The molecular weight excluding hydrogens is 610 g/mol. The first kappa shape index (κ1) is 35.8. The second kappa shape index (κ2) is 17.2. The molecule has 4 unspecified atom stereocenters. The normalized spacial score (nSPS) is 13.5. The smallest absolute Gasteiger partial charge is 0.326 e. The molecule has 14 N–H and O–H groups in total. The summed E-state index contributed by atoms with van der Waals surface area (Å²) in [6.07, 6.45) is 1.63. The number of guanidine groups is 1. The molecule has 2 aromatic carbocycles. The van der Waals surface area contributed by atoms with Gasteiger partial charge in [-0.1, -0.05) is 30.3 Å². The lowest BCUT2D eigenvalue weighted by atomic mass is 10.0. The number of H-pyrrole nitrogens is 1. The number of primary amides is 1. The molecule has 47 heavy (non-hydrogen) atoms. The number of aliphatic imine (C=N–C) groups is 1. The summed E-state index contributed by atoms with van der Waals surface area (Å²) in [5, 5.41) is 28.1. The standard InChI is InChI=1S/C31H41N9O7/c32-21(11-12-26(33)42)27(43)39-24(14-17-7-9-19(41)10-8-17)29(45)38-23(6-3-13-36-31(34)35)28(44)40-25(30(46)47)15-18-16-37-22-5-2-1-4-20(18)22/h1-2,4-5,7-10,16,21,23-25,37,41H,3,6,11-15,32H2,(H2,33,42)(H,38,45)(H,39,43)(H,40,44)(H,46,47)(H4,34,35,36). The number of carbonyl (C=O) groups excluding carboxylic acids is 4. The number of benzene rings is 2. The third kappa shape index (κ3) is 11.3. The van der Waals surface area contributed by atoms with Crippen LogP contribution >= 0.6 is 0 Å². The van der Waals surface area contributed by atoms with Gasteiger partial charge < -0.3 is 54.1 Å². The Morgan fingerprint density at radius 1 is 0.809 bits per heavy atom. The van der Waals surface area contributed by atoms with Crippen LogP contribution in [0.3, 0.4) is 0 Å². The number of phenolic OH excluding ortho intramolecular Hbond substituents is 1. The maximum Gasteiger partial charge on any atom is 0.326 e. The van der Waals surface area contributed by atoms with Gasteiger partial charge in [0.2, 0.25) is 23.6 Å². The highest BCUT2D eigenvalue weighted by Crippen LogP contribution is 2.19. The van der Waals surface area contributed by atoms with Gasteiger partial charge in [0.25, 0.3) is 0 Å². The van der Waals surface area contributed by atoms with Crippen LogP contribution in [0.4, 0.5) is 0 Å². The average molecular weight is 652 g/mol. The van der Waals surface area contributed by atoms with Crippen molar-refractivity contribution >= 4 is 46.5 Å². The quantitative estimate of drug-likeness (QED) is 0.0447. The monoisotopic (exact) mass is 651 g/mol. The van der Waals surface area contributed by atoms with Crippen molar-refractivity contribution in [1.29, 1.82) is 0 Å². The minimum atomic E-state index is -1.34. The van der Waals surface area contributed by atoms with Crippen LogP contribution in [0, 0.1) is 0 Å². The third-order valence-corrected chi connectivity index (χ3v) is 7.34. The van der Waals surface area contributed by atoms with E-state index in [0.717, 1.165) is 10.9 Å². The Bertz CT molecular complexity index is 1590. The number of aromatic amines is 1. The van der Waals surface area contributed by atoms with Gasteiger partial charge in [-0.2, -0.15) is 0 Å². The second-order valence-electron chi connectivity index (χ2n) is 11.0. The first-order chi connectivity index (χ1) is 22.3. The number of carbonyl (C=O) groups is 5. The molecule has 0 aliphatic rings. The van der Waals surface area contributed by atoms with Gasteiger partial charge in [0.05, 0.1) is 6.04 Å². The number of carboxylic acids is 1. The van der Waals surface area contributed by atoms with Gasteiger partial charge in [-0.25, -0.2) is 4.79 Å². The number of hydrogen-bond donors (Lipinski definition) is 10. The van der Waals surface area contributed by atoms with Crippen LogP contribution < -0.4 is 38.9 Å². The van der Waals surface area contributed by atoms with Gasteiger partial charge in [0, 0.05) is 42.9 Å². The molecule has 0 saturated heterocycles. The molecule has 0 spiro atoms. The number of aliphatic carboxylic acids is 1. The highest BCUT2D eigenvalue weighted by molar-refractivity contribution is 5.94. The van der Waals surface area contributed by atoms with Crippen molar-refractivity contribution in [2.24, 2.45) is 27.9 Å². The van der Waals surface area contributed by atoms with Gasteiger partial charge in [-0.3, -0.25) is 24.2 Å². The Labute approximate surface area is 270 Å². The summed E-state index contributed by atoms with van der Waals surface area (Å²) in [5.41, 5.74) is 23.9. The summed E-state index contributed by atoms with van der Waals surface area (Å²) in [6.45, 7) is 0.127. The second-order valence-corrected chi connectivity index (χ2v) is 11.0. The molecule has 4 amide bonds. The first-order valence-corrected chi connectivity index (χ1v) is 14.9. The molecule has 4 atom stereocenters. The number of nitrogens with one attached hydrogen (secondary N) is 4. The highest BCUT2D eigenvalue weighted by atomic mass is 16.4. The number of amides is 4. The van der Waals surface area contributed by atoms with Crippen LogP contribution in [-0.2, 0) is 36.8 Å². The molecule has 0 aliphatic carbocycles. The van der Waals surface area contributed by atoms with E-state index in [-0.39, 0.29) is 56.8 Å².